The van der Waals surface area contributed by atoms with E-state index in [0.29, 0.717) is 112 Å². The van der Waals surface area contributed by atoms with E-state index in [1.54, 1.807) is 39.0 Å². The van der Waals surface area contributed by atoms with E-state index in [2.05, 4.69) is 41.3 Å². The normalized spacial score (nSPS) is 11.8. The third-order valence-electron chi connectivity index (χ3n) is 21.1. The molecule has 0 fully saturated rings. The Hall–Kier alpha value is -12.0. The highest BCUT2D eigenvalue weighted by molar-refractivity contribution is 9.10. The molecule has 33 heteroatoms. The highest BCUT2D eigenvalue weighted by atomic mass is 79.9. The third kappa shape index (κ3) is 61.6. The number of nitrogens with zero attached hydrogens (tertiary/aromatic N) is 1. The van der Waals surface area contributed by atoms with Gasteiger partial charge in [-0.1, -0.05) is 135 Å². The summed E-state index contributed by atoms with van der Waals surface area (Å²) < 4.78 is 173. The van der Waals surface area contributed by atoms with Crippen LogP contribution in [0.1, 0.15) is 239 Å². The first-order valence-corrected chi connectivity index (χ1v) is 50.3. The molecular formula is C116H163BrF10N6O16. The maximum absolute atomic E-state index is 13.4. The lowest BCUT2D eigenvalue weighted by atomic mass is 9.95. The summed E-state index contributed by atoms with van der Waals surface area (Å²) in [5, 5.41) is 80.1. The maximum atomic E-state index is 13.4. The molecule has 149 heavy (non-hydrogen) atoms. The van der Waals surface area contributed by atoms with Crippen molar-refractivity contribution in [3.8, 4) is 69.0 Å². The van der Waals surface area contributed by atoms with E-state index in [0.717, 1.165) is 103 Å². The summed E-state index contributed by atoms with van der Waals surface area (Å²) in [6, 6.07) is 52.0. The van der Waals surface area contributed by atoms with Crippen molar-refractivity contribution in [1.29, 1.82) is 16.2 Å². The van der Waals surface area contributed by atoms with Crippen molar-refractivity contribution in [2.45, 2.75) is 211 Å². The molecule has 2 unspecified atom stereocenters. The number of aliphatic imine (C=N–C) groups is 1. The van der Waals surface area contributed by atoms with E-state index in [1.807, 2.05) is 189 Å². The maximum Gasteiger partial charge on any atom is 0.164 e. The van der Waals surface area contributed by atoms with Gasteiger partial charge in [-0.2, -0.15) is 0 Å². The molecular weight excluding hydrogens is 2000 g/mol. The summed E-state index contributed by atoms with van der Waals surface area (Å²) in [5.41, 5.74) is 23.4. The van der Waals surface area contributed by atoms with Crippen LogP contribution in [0.15, 0.2) is 204 Å². The molecule has 0 aliphatic rings. The lowest BCUT2D eigenvalue weighted by Gasteiger charge is -2.16. The molecule has 830 valence electrons. The number of alkyl halides is 9. The second kappa shape index (κ2) is 82.8. The summed E-state index contributed by atoms with van der Waals surface area (Å²) in [5.74, 6) is 6.28. The van der Waals surface area contributed by atoms with Crippen molar-refractivity contribution in [2.75, 3.05) is 133 Å². The number of aliphatic hydroxyl groups excluding tert-OH is 4. The SMILES string of the molecule is C.C=C(N)C/C=C/c1ccc(OCCF)cc1.CC(=N)CC(C)Cc1ccc(OCCF)cc1.CC(=N)CCC(C)c1ccc(OCCF)cc1.CC(=N)CCCc1ccc(OCCF)c(Br)c1.CC(C)[C@H](O)c1ccc(OCCF)c(O)c1.CC(N)=NCCCc1ccc(OCCF)cc1.CC[C@H](O)c1cc(C)c(OCCF)c(O)c1.CC[C@H](O)c1cc(C)c(OCCF)c(OC)c1.CC[C@H](O)c1ccc(OCCF)cc1F. The number of amidine groups is 1. The number of ether oxygens (including phenoxy) is 10. The average molecular weight is 2170 g/mol. The number of aryl methyl sites for hydroxylation is 4. The van der Waals surface area contributed by atoms with Crippen molar-refractivity contribution >= 4 is 45.0 Å². The van der Waals surface area contributed by atoms with Gasteiger partial charge in [-0.05, 0) is 317 Å². The lowest BCUT2D eigenvalue weighted by molar-refractivity contribution is 0.126. The number of rotatable bonds is 55. The predicted octanol–water partition coefficient (Wildman–Crippen LogP) is 28.0. The van der Waals surface area contributed by atoms with Crippen molar-refractivity contribution in [3.63, 3.8) is 0 Å². The van der Waals surface area contributed by atoms with Crippen LogP contribution in [0.5, 0.6) is 69.0 Å². The van der Waals surface area contributed by atoms with Crippen LogP contribution in [0.4, 0.5) is 43.9 Å². The number of phenols is 2. The Morgan fingerprint density at radius 1 is 0.443 bits per heavy atom. The fourth-order valence-corrected chi connectivity index (χ4v) is 14.0. The molecule has 0 spiro atoms. The first-order valence-electron chi connectivity index (χ1n) is 49.5. The van der Waals surface area contributed by atoms with Crippen LogP contribution in [0.25, 0.3) is 6.08 Å². The summed E-state index contributed by atoms with van der Waals surface area (Å²) >= 11 is 3.41. The van der Waals surface area contributed by atoms with Crippen LogP contribution in [0.3, 0.4) is 0 Å². The molecule has 0 amide bonds. The molecule has 22 nitrogen and oxygen atoms in total. The Bertz CT molecular complexity index is 5150. The van der Waals surface area contributed by atoms with Crippen LogP contribution in [-0.2, 0) is 19.3 Å². The van der Waals surface area contributed by atoms with Gasteiger partial charge in [0.05, 0.1) is 41.8 Å². The van der Waals surface area contributed by atoms with Crippen molar-refractivity contribution < 1.29 is 122 Å². The molecule has 0 radical (unpaired) electrons. The standard InChI is InChI=1S/2C14H20FNO.C13H17BrFNO.C13H19FN2O.C13H16FNO.C13H19FO3.2C12H17FO3.C11H14F2O2.CH4/c1-11(9-12(2)16)10-13-3-5-14(6-4-13)17-8-7-15;1-11(3-4-12(2)16)13-5-7-14(8-6-13)17-10-9-15;1-10(16)3-2-4-11-5-6-13(12(14)9-11)17-8-7-15;1-11(15)16-9-2-3-12-4-6-13(7-5-12)17-10-8-14;1-11(15)3-2-4-12-5-7-13(8-6-12)16-10-9-14;1-4-11(15)10-7-9(2)13(17-6-5-14)12(8-10)16-3;1-8(2)12(15)9-3-4-11(10(14)7-9)16-6-5-13;1-3-10(14)9-6-8(2)12(11(15)7-9)16-5-4-13;1-2-11(14)9-4-3-8(7-10(9)13)15-6-5-12;/h3-6,11,16H,7-10H2,1-2H3;5-8,11,16H,3-4,9-10H2,1-2H3;5-6,9,16H,2-4,7-8H2,1H3;4-7H,2-3,8-10H2,1H3,(H2,15,16);2,4-8H,1,3,9-10,15H2;7-8,11,15H,4-6H2,1-3H3;3-4,7-8,12,14-15H,5-6H2,1-2H3;6-7,10,14-15H,3-5H2,1-2H3;3-4,7,11,14H,2,5-6H2,1H3;1H4/b;;;;4-2+;;;;;/t;;;;;11-;12-;10-;11-;/m.....0000./s1. The number of benzene rings is 9. The van der Waals surface area contributed by atoms with Gasteiger partial charge in [0.2, 0.25) is 0 Å². The first kappa shape index (κ1) is 137. The minimum Gasteiger partial charge on any atom is -0.504 e. The largest absolute Gasteiger partial charge is 0.504 e. The van der Waals surface area contributed by atoms with Gasteiger partial charge in [-0.25, -0.2) is 43.9 Å². The Labute approximate surface area is 885 Å². The van der Waals surface area contributed by atoms with Crippen molar-refractivity contribution in [1.82, 2.24) is 0 Å². The number of halogens is 11. The van der Waals surface area contributed by atoms with E-state index < -0.39 is 90.3 Å². The van der Waals surface area contributed by atoms with Gasteiger partial charge in [0, 0.05) is 47.4 Å². The van der Waals surface area contributed by atoms with Crippen LogP contribution in [0, 0.1) is 47.7 Å². The number of methoxy groups -OCH3 is 1. The van der Waals surface area contributed by atoms with Gasteiger partial charge in [0.15, 0.2) is 34.5 Å². The van der Waals surface area contributed by atoms with Gasteiger partial charge in [-0.15, -0.1) is 0 Å². The van der Waals surface area contributed by atoms with E-state index in [9.17, 15) is 74.5 Å². The molecule has 0 aromatic heterocycles. The zero-order valence-corrected chi connectivity index (χ0v) is 89.9. The minimum atomic E-state index is -0.805. The first-order chi connectivity index (χ1) is 70.8. The average Bonchev–Trinajstić information content (AvgIpc) is 0.819. The van der Waals surface area contributed by atoms with Gasteiger partial charge in [0.25, 0.3) is 0 Å². The van der Waals surface area contributed by atoms with E-state index in [1.165, 1.54) is 59.7 Å². The van der Waals surface area contributed by atoms with Crippen LogP contribution >= 0.6 is 15.9 Å². The summed E-state index contributed by atoms with van der Waals surface area (Å²) in [6.45, 7) is 24.4. The second-order valence-electron chi connectivity index (χ2n) is 34.5. The lowest BCUT2D eigenvalue weighted by Crippen LogP contribution is -2.06. The zero-order valence-electron chi connectivity index (χ0n) is 88.3. The molecule has 9 aromatic carbocycles. The quantitative estimate of drug-likeness (QED) is 0.00730. The van der Waals surface area contributed by atoms with Crippen molar-refractivity contribution in [2.24, 2.45) is 28.3 Å². The number of phenolic OH excluding ortho intramolecular Hbond substituents is 2. The van der Waals surface area contributed by atoms with Gasteiger partial charge < -0.3 is 106 Å². The summed E-state index contributed by atoms with van der Waals surface area (Å²) in [4.78, 5) is 4.13. The number of aliphatic hydroxyl groups is 4. The molecule has 0 aliphatic heterocycles. The predicted molar refractivity (Wildman–Crippen MR) is 586 cm³/mol. The number of nitrogens with one attached hydrogen (secondary N) is 3. The van der Waals surface area contributed by atoms with Crippen LogP contribution in [-0.4, -0.2) is 187 Å². The topological polar surface area (TPSA) is 350 Å². The summed E-state index contributed by atoms with van der Waals surface area (Å²) in [6.07, 6.45) is 12.0. The van der Waals surface area contributed by atoms with Crippen LogP contribution in [0.2, 0.25) is 0 Å². The Balaban J connectivity index is 0.00000165. The Morgan fingerprint density at radius 2 is 0.852 bits per heavy atom. The highest BCUT2D eigenvalue weighted by Gasteiger charge is 2.20. The minimum absolute atomic E-state index is 0. The van der Waals surface area contributed by atoms with E-state index in [-0.39, 0.29) is 107 Å². The van der Waals surface area contributed by atoms with E-state index in [4.69, 9.17) is 75.1 Å². The molecule has 0 aliphatic carbocycles. The molecule has 6 atom stereocenters. The molecule has 13 N–H and O–H groups in total. The highest BCUT2D eigenvalue weighted by Crippen LogP contribution is 2.38. The van der Waals surface area contributed by atoms with E-state index >= 15 is 0 Å². The zero-order chi connectivity index (χ0) is 111. The molecule has 9 rings (SSSR count). The molecule has 9 aromatic rings. The molecule has 0 heterocycles. The number of aromatic hydroxyl groups is 2. The Morgan fingerprint density at radius 3 is 1.29 bits per heavy atom. The van der Waals surface area contributed by atoms with Gasteiger partial charge >= 0.3 is 0 Å². The second-order valence-corrected chi connectivity index (χ2v) is 35.3. The monoisotopic (exact) mass is 2170 g/mol. The summed E-state index contributed by atoms with van der Waals surface area (Å²) in [7, 11) is 1.53. The number of allylic oxidation sites excluding steroid dienone is 1. The molecule has 0 saturated carbocycles. The third-order valence-corrected chi connectivity index (χ3v) is 21.7. The van der Waals surface area contributed by atoms with Gasteiger partial charge in [-0.3, -0.25) is 4.99 Å². The van der Waals surface area contributed by atoms with Crippen LogP contribution < -0.4 is 58.8 Å². The molecule has 0 bridgehead atoms. The Kier molecular flexibility index (Phi) is 76.1. The number of hydrogen-bond acceptors (Lipinski definition) is 21. The fraction of sp³-hybridized carbons (Fsp3) is 0.466. The smallest absolute Gasteiger partial charge is 0.164 e. The number of nitrogens with two attached hydrogens (primary N) is 2. The van der Waals surface area contributed by atoms with Gasteiger partial charge in [0.1, 0.15) is 160 Å². The molecule has 0 saturated heterocycles. The fourth-order valence-electron chi connectivity index (χ4n) is 13.5. The number of hydrogen-bond donors (Lipinski definition) is 11. The van der Waals surface area contributed by atoms with Crippen molar-refractivity contribution in [3.05, 3.63) is 266 Å².